The third-order valence-electron chi connectivity index (χ3n) is 2.22. The fourth-order valence-corrected chi connectivity index (χ4v) is 1.68. The van der Waals surface area contributed by atoms with E-state index in [-0.39, 0.29) is 5.56 Å². The zero-order valence-electron chi connectivity index (χ0n) is 7.24. The summed E-state index contributed by atoms with van der Waals surface area (Å²) in [6.45, 7) is 0.691. The minimum absolute atomic E-state index is 0.0661. The number of alkyl halides is 1. The summed E-state index contributed by atoms with van der Waals surface area (Å²) in [7, 11) is 0. The predicted octanol–water partition coefficient (Wildman–Crippen LogP) is 1.52. The quantitative estimate of drug-likeness (QED) is 0.754. The van der Waals surface area contributed by atoms with Gasteiger partial charge >= 0.3 is 0 Å². The maximum absolute atomic E-state index is 11.5. The Morgan fingerprint density at radius 2 is 2.38 bits per heavy atom. The van der Waals surface area contributed by atoms with E-state index in [0.717, 1.165) is 11.0 Å². The zero-order valence-corrected chi connectivity index (χ0v) is 8.83. The van der Waals surface area contributed by atoms with Crippen molar-refractivity contribution in [3.8, 4) is 0 Å². The number of rotatable bonds is 3. The fraction of sp³-hybridized carbons (Fsp3) is 0.556. The molecule has 1 aromatic rings. The second-order valence-corrected chi connectivity index (χ2v) is 4.10. The maximum atomic E-state index is 11.5. The maximum Gasteiger partial charge on any atom is 0.253 e. The number of nitrogens with zero attached hydrogens (tertiary/aromatic N) is 2. The molecule has 70 valence electrons. The van der Waals surface area contributed by atoms with Crippen LogP contribution in [-0.2, 0) is 6.54 Å². The van der Waals surface area contributed by atoms with E-state index in [9.17, 15) is 4.79 Å². The molecular weight excluding hydrogens is 232 g/mol. The van der Waals surface area contributed by atoms with Crippen LogP contribution in [0.15, 0.2) is 17.2 Å². The Morgan fingerprint density at radius 1 is 1.62 bits per heavy atom. The molecule has 0 radical (unpaired) electrons. The Balaban J connectivity index is 2.26. The molecular formula is C9H11BrN2O. The van der Waals surface area contributed by atoms with E-state index in [4.69, 9.17) is 0 Å². The lowest BCUT2D eigenvalue weighted by atomic mass is 10.3. The molecule has 4 heteroatoms. The van der Waals surface area contributed by atoms with Crippen molar-refractivity contribution in [3.63, 3.8) is 0 Å². The number of hydrogen-bond acceptors (Lipinski definition) is 2. The van der Waals surface area contributed by atoms with Gasteiger partial charge in [-0.25, -0.2) is 4.98 Å². The van der Waals surface area contributed by atoms with Crippen LogP contribution in [0, 0.1) is 0 Å². The number of aromatic nitrogens is 2. The zero-order chi connectivity index (χ0) is 9.26. The van der Waals surface area contributed by atoms with Crippen LogP contribution in [0.2, 0.25) is 0 Å². The molecule has 2 rings (SSSR count). The average Bonchev–Trinajstić information content (AvgIpc) is 2.91. The van der Waals surface area contributed by atoms with Crippen molar-refractivity contribution in [2.45, 2.75) is 25.3 Å². The van der Waals surface area contributed by atoms with Crippen molar-refractivity contribution in [2.24, 2.45) is 0 Å². The Labute approximate surface area is 84.9 Å². The van der Waals surface area contributed by atoms with Crippen molar-refractivity contribution in [3.05, 3.63) is 28.4 Å². The van der Waals surface area contributed by atoms with E-state index in [0.29, 0.717) is 12.5 Å². The molecule has 0 amide bonds. The molecule has 0 spiro atoms. The molecule has 0 aliphatic heterocycles. The summed E-state index contributed by atoms with van der Waals surface area (Å²) in [6.07, 6.45) is 4.03. The number of halogens is 1. The molecule has 1 aliphatic carbocycles. The van der Waals surface area contributed by atoms with E-state index >= 15 is 0 Å². The SMILES string of the molecule is O=c1cc(C2CC2)ncn1CCBr. The van der Waals surface area contributed by atoms with Crippen LogP contribution in [0.25, 0.3) is 0 Å². The normalized spacial score (nSPS) is 16.1. The summed E-state index contributed by atoms with van der Waals surface area (Å²) < 4.78 is 1.63. The van der Waals surface area contributed by atoms with Gasteiger partial charge in [-0.2, -0.15) is 0 Å². The van der Waals surface area contributed by atoms with Gasteiger partial charge in [0, 0.05) is 23.9 Å². The number of aryl methyl sites for hydroxylation is 1. The van der Waals surface area contributed by atoms with Crippen molar-refractivity contribution < 1.29 is 0 Å². The second-order valence-electron chi connectivity index (χ2n) is 3.31. The van der Waals surface area contributed by atoms with Gasteiger partial charge < -0.3 is 0 Å². The summed E-state index contributed by atoms with van der Waals surface area (Å²) in [5.74, 6) is 0.561. The Bertz CT molecular complexity index is 357. The topological polar surface area (TPSA) is 34.9 Å². The minimum atomic E-state index is 0.0661. The van der Waals surface area contributed by atoms with E-state index in [1.165, 1.54) is 12.8 Å². The van der Waals surface area contributed by atoms with Crippen LogP contribution in [0.4, 0.5) is 0 Å². The highest BCUT2D eigenvalue weighted by molar-refractivity contribution is 9.09. The lowest BCUT2D eigenvalue weighted by molar-refractivity contribution is 0.706. The largest absolute Gasteiger partial charge is 0.298 e. The molecule has 1 aromatic heterocycles. The molecule has 1 aliphatic rings. The molecule has 3 nitrogen and oxygen atoms in total. The first-order valence-electron chi connectivity index (χ1n) is 4.43. The lowest BCUT2D eigenvalue weighted by Gasteiger charge is -2.02. The summed E-state index contributed by atoms with van der Waals surface area (Å²) >= 11 is 3.29. The highest BCUT2D eigenvalue weighted by Crippen LogP contribution is 2.38. The van der Waals surface area contributed by atoms with Gasteiger partial charge in [0.2, 0.25) is 0 Å². The van der Waals surface area contributed by atoms with E-state index < -0.39 is 0 Å². The van der Waals surface area contributed by atoms with Gasteiger partial charge in [0.1, 0.15) is 0 Å². The van der Waals surface area contributed by atoms with Crippen molar-refractivity contribution >= 4 is 15.9 Å². The minimum Gasteiger partial charge on any atom is -0.298 e. The monoisotopic (exact) mass is 242 g/mol. The van der Waals surface area contributed by atoms with Crippen LogP contribution >= 0.6 is 15.9 Å². The third kappa shape index (κ3) is 1.99. The molecule has 1 saturated carbocycles. The van der Waals surface area contributed by atoms with E-state index in [1.54, 1.807) is 17.0 Å². The summed E-state index contributed by atoms with van der Waals surface area (Å²) in [5, 5.41) is 0.789. The summed E-state index contributed by atoms with van der Waals surface area (Å²) in [4.78, 5) is 15.7. The molecule has 0 unspecified atom stereocenters. The molecule has 0 bridgehead atoms. The third-order valence-corrected chi connectivity index (χ3v) is 2.58. The fourth-order valence-electron chi connectivity index (χ4n) is 1.30. The first kappa shape index (κ1) is 8.94. The Kier molecular flexibility index (Phi) is 2.49. The molecule has 13 heavy (non-hydrogen) atoms. The first-order valence-corrected chi connectivity index (χ1v) is 5.56. The van der Waals surface area contributed by atoms with E-state index in [2.05, 4.69) is 20.9 Å². The molecule has 0 N–H and O–H groups in total. The van der Waals surface area contributed by atoms with Gasteiger partial charge in [0.05, 0.1) is 12.0 Å². The average molecular weight is 243 g/mol. The molecule has 0 aromatic carbocycles. The van der Waals surface area contributed by atoms with Crippen molar-refractivity contribution in [1.29, 1.82) is 0 Å². The van der Waals surface area contributed by atoms with Gasteiger partial charge in [0.25, 0.3) is 5.56 Å². The van der Waals surface area contributed by atoms with Crippen LogP contribution in [0.3, 0.4) is 0 Å². The van der Waals surface area contributed by atoms with Gasteiger partial charge in [-0.15, -0.1) is 0 Å². The summed E-state index contributed by atoms with van der Waals surface area (Å²) in [5.41, 5.74) is 1.03. The van der Waals surface area contributed by atoms with Crippen LogP contribution in [0.5, 0.6) is 0 Å². The first-order chi connectivity index (χ1) is 6.31. The highest BCUT2D eigenvalue weighted by atomic mass is 79.9. The molecule has 1 fully saturated rings. The van der Waals surface area contributed by atoms with Gasteiger partial charge in [-0.1, -0.05) is 15.9 Å². The second kappa shape index (κ2) is 3.62. The number of hydrogen-bond donors (Lipinski definition) is 0. The van der Waals surface area contributed by atoms with Crippen LogP contribution in [0.1, 0.15) is 24.5 Å². The molecule has 0 atom stereocenters. The van der Waals surface area contributed by atoms with Gasteiger partial charge in [0.15, 0.2) is 0 Å². The van der Waals surface area contributed by atoms with Crippen LogP contribution < -0.4 is 5.56 Å². The van der Waals surface area contributed by atoms with Gasteiger partial charge in [-0.3, -0.25) is 9.36 Å². The van der Waals surface area contributed by atoms with Crippen molar-refractivity contribution in [1.82, 2.24) is 9.55 Å². The lowest BCUT2D eigenvalue weighted by Crippen LogP contribution is -2.20. The van der Waals surface area contributed by atoms with E-state index in [1.807, 2.05) is 0 Å². The highest BCUT2D eigenvalue weighted by Gasteiger charge is 2.25. The smallest absolute Gasteiger partial charge is 0.253 e. The van der Waals surface area contributed by atoms with Crippen LogP contribution in [-0.4, -0.2) is 14.9 Å². The van der Waals surface area contributed by atoms with Crippen molar-refractivity contribution in [2.75, 3.05) is 5.33 Å². The molecule has 1 heterocycles. The standard InChI is InChI=1S/C9H11BrN2O/c10-3-4-12-6-11-8(5-9(12)13)7-1-2-7/h5-7H,1-4H2. The Morgan fingerprint density at radius 3 is 2.92 bits per heavy atom. The predicted molar refractivity (Wildman–Crippen MR) is 54.3 cm³/mol. The molecule has 0 saturated heterocycles. The Hall–Kier alpha value is -0.640. The van der Waals surface area contributed by atoms with Gasteiger partial charge in [-0.05, 0) is 12.8 Å². The summed E-state index contributed by atoms with van der Waals surface area (Å²) in [6, 6.07) is 1.67.